The Labute approximate surface area is 238 Å². The SMILES string of the molecule is O=C(CN1CCC2(CC1)OCCO2)N[C@@H](COCc1ccccc1)C(=O)Nc1ccc(Oc2ccc(F)cc2)cc1. The van der Waals surface area contributed by atoms with Crippen molar-refractivity contribution in [1.82, 2.24) is 10.2 Å². The summed E-state index contributed by atoms with van der Waals surface area (Å²) >= 11 is 0. The van der Waals surface area contributed by atoms with Gasteiger partial charge in [-0.2, -0.15) is 0 Å². The Balaban J connectivity index is 1.16. The van der Waals surface area contributed by atoms with E-state index in [4.69, 9.17) is 18.9 Å². The van der Waals surface area contributed by atoms with Crippen molar-refractivity contribution in [3.63, 3.8) is 0 Å². The molecule has 3 aromatic carbocycles. The van der Waals surface area contributed by atoms with E-state index >= 15 is 0 Å². The first-order chi connectivity index (χ1) is 20.0. The number of piperidine rings is 1. The molecule has 2 aliphatic heterocycles. The summed E-state index contributed by atoms with van der Waals surface area (Å²) in [5.41, 5.74) is 1.50. The number of carbonyl (C=O) groups is 2. The first-order valence-corrected chi connectivity index (χ1v) is 13.7. The van der Waals surface area contributed by atoms with Crippen molar-refractivity contribution in [3.8, 4) is 11.5 Å². The van der Waals surface area contributed by atoms with Crippen molar-refractivity contribution in [1.29, 1.82) is 0 Å². The van der Waals surface area contributed by atoms with Crippen LogP contribution in [0.4, 0.5) is 10.1 Å². The van der Waals surface area contributed by atoms with E-state index in [2.05, 4.69) is 10.6 Å². The highest BCUT2D eigenvalue weighted by atomic mass is 19.1. The van der Waals surface area contributed by atoms with Gasteiger partial charge < -0.3 is 29.6 Å². The lowest BCUT2D eigenvalue weighted by Gasteiger charge is -2.37. The second kappa shape index (κ2) is 13.7. The van der Waals surface area contributed by atoms with Gasteiger partial charge in [-0.25, -0.2) is 4.39 Å². The molecule has 41 heavy (non-hydrogen) atoms. The van der Waals surface area contributed by atoms with Gasteiger partial charge in [0.1, 0.15) is 23.4 Å². The molecule has 3 aromatic rings. The maximum absolute atomic E-state index is 13.2. The maximum atomic E-state index is 13.2. The van der Waals surface area contributed by atoms with Crippen LogP contribution in [0.25, 0.3) is 0 Å². The number of nitrogens with zero attached hydrogens (tertiary/aromatic N) is 1. The summed E-state index contributed by atoms with van der Waals surface area (Å²) in [6.07, 6.45) is 1.40. The molecule has 2 fully saturated rings. The van der Waals surface area contributed by atoms with Crippen LogP contribution in [-0.4, -0.2) is 68.0 Å². The number of likely N-dealkylation sites (tertiary alicyclic amines) is 1. The molecule has 0 radical (unpaired) electrons. The molecule has 2 N–H and O–H groups in total. The van der Waals surface area contributed by atoms with Crippen LogP contribution in [-0.2, 0) is 30.4 Å². The van der Waals surface area contributed by atoms with Crippen LogP contribution in [0.5, 0.6) is 11.5 Å². The normalized spacial score (nSPS) is 17.2. The van der Waals surface area contributed by atoms with Gasteiger partial charge in [0.25, 0.3) is 0 Å². The van der Waals surface area contributed by atoms with Gasteiger partial charge in [0.15, 0.2) is 5.79 Å². The highest BCUT2D eigenvalue weighted by Gasteiger charge is 2.40. The van der Waals surface area contributed by atoms with Crippen molar-refractivity contribution in [2.24, 2.45) is 0 Å². The molecule has 216 valence electrons. The van der Waals surface area contributed by atoms with Gasteiger partial charge in [-0.15, -0.1) is 0 Å². The molecule has 0 aliphatic carbocycles. The van der Waals surface area contributed by atoms with Gasteiger partial charge in [-0.3, -0.25) is 14.5 Å². The van der Waals surface area contributed by atoms with Crippen LogP contribution in [0.1, 0.15) is 18.4 Å². The molecule has 2 aliphatic rings. The Kier molecular flexibility index (Phi) is 9.58. The summed E-state index contributed by atoms with van der Waals surface area (Å²) in [6, 6.07) is 21.2. The Bertz CT molecular complexity index is 1270. The zero-order valence-corrected chi connectivity index (χ0v) is 22.7. The molecule has 5 rings (SSSR count). The van der Waals surface area contributed by atoms with Crippen LogP contribution in [0.3, 0.4) is 0 Å². The molecular weight excluding hydrogens is 529 g/mol. The smallest absolute Gasteiger partial charge is 0.249 e. The number of anilines is 1. The predicted molar refractivity (Wildman–Crippen MR) is 150 cm³/mol. The van der Waals surface area contributed by atoms with Crippen molar-refractivity contribution in [2.75, 3.05) is 44.8 Å². The van der Waals surface area contributed by atoms with Crippen LogP contribution in [0.15, 0.2) is 78.9 Å². The Morgan fingerprint density at radius 3 is 2.20 bits per heavy atom. The molecule has 0 bridgehead atoms. The van der Waals surface area contributed by atoms with Crippen molar-refractivity contribution >= 4 is 17.5 Å². The van der Waals surface area contributed by atoms with Gasteiger partial charge in [0.05, 0.1) is 33.0 Å². The van der Waals surface area contributed by atoms with Gasteiger partial charge in [-0.05, 0) is 54.1 Å². The molecule has 10 heteroatoms. The number of amides is 2. The largest absolute Gasteiger partial charge is 0.457 e. The molecule has 1 spiro atoms. The van der Waals surface area contributed by atoms with E-state index in [1.807, 2.05) is 35.2 Å². The zero-order valence-electron chi connectivity index (χ0n) is 22.7. The average Bonchev–Trinajstić information content (AvgIpc) is 3.44. The molecule has 0 unspecified atom stereocenters. The van der Waals surface area contributed by atoms with E-state index in [1.54, 1.807) is 24.3 Å². The summed E-state index contributed by atoms with van der Waals surface area (Å²) in [7, 11) is 0. The Hall–Kier alpha value is -3.83. The second-order valence-electron chi connectivity index (χ2n) is 10.1. The number of hydrogen-bond donors (Lipinski definition) is 2. The van der Waals surface area contributed by atoms with E-state index in [1.165, 1.54) is 24.3 Å². The number of nitrogens with one attached hydrogen (secondary N) is 2. The average molecular weight is 564 g/mol. The molecule has 0 saturated carbocycles. The summed E-state index contributed by atoms with van der Waals surface area (Å²) in [4.78, 5) is 28.2. The number of hydrogen-bond acceptors (Lipinski definition) is 7. The van der Waals surface area contributed by atoms with Gasteiger partial charge in [0, 0.05) is 31.6 Å². The molecule has 0 aromatic heterocycles. The van der Waals surface area contributed by atoms with E-state index in [-0.39, 0.29) is 24.9 Å². The Morgan fingerprint density at radius 2 is 1.54 bits per heavy atom. The van der Waals surface area contributed by atoms with Gasteiger partial charge in [-0.1, -0.05) is 30.3 Å². The minimum atomic E-state index is -0.904. The van der Waals surface area contributed by atoms with Crippen LogP contribution < -0.4 is 15.4 Å². The fraction of sp³-hybridized carbons (Fsp3) is 0.355. The third-order valence-corrected chi connectivity index (χ3v) is 7.02. The minimum absolute atomic E-state index is 0.00300. The molecule has 2 saturated heterocycles. The quantitative estimate of drug-likeness (QED) is 0.363. The van der Waals surface area contributed by atoms with E-state index in [9.17, 15) is 14.0 Å². The van der Waals surface area contributed by atoms with Crippen LogP contribution in [0.2, 0.25) is 0 Å². The van der Waals surface area contributed by atoms with Crippen LogP contribution >= 0.6 is 0 Å². The first-order valence-electron chi connectivity index (χ1n) is 13.7. The topological polar surface area (TPSA) is 98.4 Å². The van der Waals surface area contributed by atoms with E-state index in [0.29, 0.717) is 62.9 Å². The predicted octanol–water partition coefficient (Wildman–Crippen LogP) is 4.10. The molecule has 2 amide bonds. The van der Waals surface area contributed by atoms with Gasteiger partial charge in [0.2, 0.25) is 11.8 Å². The standard InChI is InChI=1S/C31H34FN3O6/c32-24-6-10-26(11-7-24)41-27-12-8-25(9-13-27)33-30(37)28(22-38-21-23-4-2-1-3-5-23)34-29(36)20-35-16-14-31(15-17-35)39-18-19-40-31/h1-13,28H,14-22H2,(H,33,37)(H,34,36)/t28-/m0/s1. The second-order valence-corrected chi connectivity index (χ2v) is 10.1. The molecule has 1 atom stereocenters. The van der Waals surface area contributed by atoms with Crippen molar-refractivity contribution in [3.05, 3.63) is 90.2 Å². The number of ether oxygens (including phenoxy) is 4. The lowest BCUT2D eigenvalue weighted by atomic mass is 10.0. The minimum Gasteiger partial charge on any atom is -0.457 e. The summed E-state index contributed by atoms with van der Waals surface area (Å²) < 4.78 is 36.2. The fourth-order valence-electron chi connectivity index (χ4n) is 4.81. The Morgan fingerprint density at radius 1 is 0.902 bits per heavy atom. The lowest BCUT2D eigenvalue weighted by Crippen LogP contribution is -2.52. The third-order valence-electron chi connectivity index (χ3n) is 7.02. The molecule has 2 heterocycles. The highest BCUT2D eigenvalue weighted by molar-refractivity contribution is 5.97. The number of benzene rings is 3. The number of carbonyl (C=O) groups excluding carboxylic acids is 2. The lowest BCUT2D eigenvalue weighted by molar-refractivity contribution is -0.185. The molecule has 9 nitrogen and oxygen atoms in total. The monoisotopic (exact) mass is 563 g/mol. The highest BCUT2D eigenvalue weighted by Crippen LogP contribution is 2.31. The van der Waals surface area contributed by atoms with E-state index in [0.717, 1.165) is 5.56 Å². The van der Waals surface area contributed by atoms with Gasteiger partial charge >= 0.3 is 0 Å². The number of rotatable bonds is 11. The van der Waals surface area contributed by atoms with Crippen LogP contribution in [0, 0.1) is 5.82 Å². The summed E-state index contributed by atoms with van der Waals surface area (Å²) in [5.74, 6) is -0.497. The fourth-order valence-corrected chi connectivity index (χ4v) is 4.81. The third kappa shape index (κ3) is 8.34. The van der Waals surface area contributed by atoms with Crippen molar-refractivity contribution in [2.45, 2.75) is 31.3 Å². The zero-order chi connectivity index (χ0) is 28.5. The molecular formula is C31H34FN3O6. The summed E-state index contributed by atoms with van der Waals surface area (Å²) in [5, 5.41) is 5.69. The van der Waals surface area contributed by atoms with E-state index < -0.39 is 17.7 Å². The van der Waals surface area contributed by atoms with Crippen molar-refractivity contribution < 1.29 is 32.9 Å². The first kappa shape index (κ1) is 28.7. The maximum Gasteiger partial charge on any atom is 0.249 e. The summed E-state index contributed by atoms with van der Waals surface area (Å²) in [6.45, 7) is 3.01. The number of halogens is 1.